The SMILES string of the molecule is C=C(C)[C@@H]1CC[C@]2(C(=O)NCCCOc3ccc(/C(=C4\C(=O)N(Cc5ccc(OC)cc5)c5ccccc54)c4ccc(O)cc4)cc3)CC[C@]3(C)[C@H](CC[C@@H]4[C@@]5(C)CC[C@H](O)C(C)(C)[C@@H]5CC[C@]43C)[C@@H]12. The fourth-order valence-electron chi connectivity index (χ4n) is 16.6. The molecule has 5 saturated carbocycles. The van der Waals surface area contributed by atoms with Crippen LogP contribution < -0.4 is 19.7 Å². The van der Waals surface area contributed by atoms with Gasteiger partial charge in [0.2, 0.25) is 5.91 Å². The van der Waals surface area contributed by atoms with Gasteiger partial charge in [-0.15, -0.1) is 0 Å². The van der Waals surface area contributed by atoms with Gasteiger partial charge in [-0.05, 0) is 188 Å². The normalized spacial score (nSPS) is 33.5. The molecule has 3 N–H and O–H groups in total. The Hall–Kier alpha value is -5.34. The van der Waals surface area contributed by atoms with E-state index >= 15 is 0 Å². The van der Waals surface area contributed by atoms with Crippen LogP contribution in [0.25, 0.3) is 11.1 Å². The van der Waals surface area contributed by atoms with Crippen LogP contribution in [0.2, 0.25) is 0 Å². The van der Waals surface area contributed by atoms with Gasteiger partial charge in [-0.1, -0.05) is 101 Å². The van der Waals surface area contributed by atoms with Crippen molar-refractivity contribution < 1.29 is 29.3 Å². The lowest BCUT2D eigenvalue weighted by atomic mass is 9.32. The number of aromatic hydroxyl groups is 1. The van der Waals surface area contributed by atoms with Gasteiger partial charge in [-0.25, -0.2) is 0 Å². The van der Waals surface area contributed by atoms with Gasteiger partial charge in [-0.2, -0.15) is 0 Å². The maximum atomic E-state index is 14.8. The quantitative estimate of drug-likeness (QED) is 0.0742. The maximum Gasteiger partial charge on any atom is 0.259 e. The maximum absolute atomic E-state index is 14.8. The first-order valence-electron chi connectivity index (χ1n) is 26.4. The van der Waals surface area contributed by atoms with Crippen molar-refractivity contribution in [2.24, 2.45) is 56.7 Å². The Morgan fingerprint density at radius 1 is 0.771 bits per heavy atom. The molecule has 6 aliphatic rings. The molecule has 10 atom stereocenters. The number of benzene rings is 4. The number of phenolic OH excluding ortho intramolecular Hbond substituents is 1. The van der Waals surface area contributed by atoms with E-state index in [0.29, 0.717) is 61.3 Å². The molecule has 370 valence electrons. The lowest BCUT2D eigenvalue weighted by Gasteiger charge is -2.72. The van der Waals surface area contributed by atoms with E-state index < -0.39 is 0 Å². The van der Waals surface area contributed by atoms with E-state index in [9.17, 15) is 19.8 Å². The summed E-state index contributed by atoms with van der Waals surface area (Å²) in [5.74, 6) is 4.09. The van der Waals surface area contributed by atoms with Crippen LogP contribution in [0.3, 0.4) is 0 Å². The van der Waals surface area contributed by atoms with Crippen molar-refractivity contribution in [3.63, 3.8) is 0 Å². The zero-order chi connectivity index (χ0) is 49.4. The molecule has 2 amide bonds. The first-order chi connectivity index (χ1) is 33.5. The van der Waals surface area contributed by atoms with Gasteiger partial charge in [-0.3, -0.25) is 9.59 Å². The van der Waals surface area contributed by atoms with Crippen LogP contribution >= 0.6 is 0 Å². The van der Waals surface area contributed by atoms with Crippen molar-refractivity contribution in [3.8, 4) is 17.2 Å². The second-order valence-corrected chi connectivity index (χ2v) is 23.8. The largest absolute Gasteiger partial charge is 0.508 e. The predicted octanol–water partition coefficient (Wildman–Crippen LogP) is 12.8. The molecule has 0 radical (unpaired) electrons. The molecule has 0 aromatic heterocycles. The fraction of sp³-hybridized carbons (Fsp3) is 0.516. The zero-order valence-electron chi connectivity index (χ0n) is 42.8. The fourth-order valence-corrected chi connectivity index (χ4v) is 16.6. The highest BCUT2D eigenvalue weighted by molar-refractivity contribution is 6.38. The van der Waals surface area contributed by atoms with Gasteiger partial charge in [0.1, 0.15) is 17.2 Å². The van der Waals surface area contributed by atoms with E-state index in [0.717, 1.165) is 83.5 Å². The number of aliphatic hydroxyl groups excluding tert-OH is 1. The van der Waals surface area contributed by atoms with E-state index in [4.69, 9.17) is 9.47 Å². The second kappa shape index (κ2) is 18.1. The molecular formula is C62H76N2O6. The van der Waals surface area contributed by atoms with E-state index in [2.05, 4.69) is 53.4 Å². The average Bonchev–Trinajstić information content (AvgIpc) is 3.88. The Balaban J connectivity index is 0.824. The number of carbonyl (C=O) groups is 2. The third kappa shape index (κ3) is 7.63. The van der Waals surface area contributed by atoms with E-state index in [1.54, 1.807) is 19.2 Å². The Kier molecular flexibility index (Phi) is 12.5. The number of nitrogens with one attached hydrogen (secondary N) is 1. The molecule has 4 aromatic carbocycles. The molecule has 0 unspecified atom stereocenters. The number of carbonyl (C=O) groups excluding carboxylic acids is 2. The molecule has 5 aliphatic carbocycles. The smallest absolute Gasteiger partial charge is 0.259 e. The van der Waals surface area contributed by atoms with Crippen LogP contribution in [0.1, 0.15) is 134 Å². The Labute approximate surface area is 417 Å². The summed E-state index contributed by atoms with van der Waals surface area (Å²) in [6.45, 7) is 20.7. The molecule has 0 saturated heterocycles. The zero-order valence-corrected chi connectivity index (χ0v) is 42.8. The van der Waals surface area contributed by atoms with E-state index in [-0.39, 0.29) is 50.7 Å². The first-order valence-corrected chi connectivity index (χ1v) is 26.4. The summed E-state index contributed by atoms with van der Waals surface area (Å²) in [4.78, 5) is 31.3. The highest BCUT2D eigenvalue weighted by Crippen LogP contribution is 2.77. The third-order valence-electron chi connectivity index (χ3n) is 20.3. The molecule has 0 spiro atoms. The first kappa shape index (κ1) is 48.3. The summed E-state index contributed by atoms with van der Waals surface area (Å²) >= 11 is 0. The number of ether oxygens (including phenoxy) is 2. The number of aliphatic hydroxyl groups is 1. The minimum absolute atomic E-state index is 0.0650. The third-order valence-corrected chi connectivity index (χ3v) is 20.3. The lowest BCUT2D eigenvalue weighted by Crippen LogP contribution is -2.67. The van der Waals surface area contributed by atoms with Crippen LogP contribution in [-0.2, 0) is 16.1 Å². The monoisotopic (exact) mass is 945 g/mol. The summed E-state index contributed by atoms with van der Waals surface area (Å²) in [5.41, 5.74) is 7.14. The Bertz CT molecular complexity index is 2670. The van der Waals surface area contributed by atoms with Gasteiger partial charge in [0.05, 0.1) is 43.0 Å². The van der Waals surface area contributed by atoms with Crippen LogP contribution in [0.4, 0.5) is 5.69 Å². The van der Waals surface area contributed by atoms with Crippen molar-refractivity contribution in [1.82, 2.24) is 5.32 Å². The number of para-hydroxylation sites is 1. The highest BCUT2D eigenvalue weighted by Gasteiger charge is 2.72. The molecule has 8 heteroatoms. The topological polar surface area (TPSA) is 108 Å². The minimum atomic E-state index is -0.372. The number of hydrogen-bond acceptors (Lipinski definition) is 6. The number of rotatable bonds is 12. The van der Waals surface area contributed by atoms with Gasteiger partial charge in [0.25, 0.3) is 5.91 Å². The summed E-state index contributed by atoms with van der Waals surface area (Å²) < 4.78 is 11.7. The number of anilines is 1. The Morgan fingerprint density at radius 3 is 2.16 bits per heavy atom. The van der Waals surface area contributed by atoms with Crippen LogP contribution in [0.15, 0.2) is 109 Å². The molecule has 70 heavy (non-hydrogen) atoms. The molecular weight excluding hydrogens is 869 g/mol. The van der Waals surface area contributed by atoms with Gasteiger partial charge in [0, 0.05) is 17.7 Å². The predicted molar refractivity (Wildman–Crippen MR) is 279 cm³/mol. The summed E-state index contributed by atoms with van der Waals surface area (Å²) in [7, 11) is 1.64. The number of nitrogens with zero attached hydrogens (tertiary/aromatic N) is 1. The van der Waals surface area contributed by atoms with Crippen LogP contribution in [0.5, 0.6) is 17.2 Å². The van der Waals surface area contributed by atoms with Gasteiger partial charge < -0.3 is 29.9 Å². The molecule has 5 fully saturated rings. The van der Waals surface area contributed by atoms with Crippen molar-refractivity contribution >= 4 is 28.6 Å². The van der Waals surface area contributed by atoms with Crippen molar-refractivity contribution in [1.29, 1.82) is 0 Å². The summed E-state index contributed by atoms with van der Waals surface area (Å²) in [6.07, 6.45) is 11.3. The second-order valence-electron chi connectivity index (χ2n) is 23.8. The van der Waals surface area contributed by atoms with Crippen LogP contribution in [-0.4, -0.2) is 48.4 Å². The minimum Gasteiger partial charge on any atom is -0.508 e. The number of hydrogen-bond donors (Lipinski definition) is 3. The van der Waals surface area contributed by atoms with Crippen LogP contribution in [0, 0.1) is 56.7 Å². The number of fused-ring (bicyclic) bond motifs is 8. The molecule has 4 aromatic rings. The lowest BCUT2D eigenvalue weighted by molar-refractivity contribution is -0.246. The highest BCUT2D eigenvalue weighted by atomic mass is 16.5. The van der Waals surface area contributed by atoms with E-state index in [1.165, 1.54) is 31.3 Å². The number of methoxy groups -OCH3 is 1. The molecule has 8 nitrogen and oxygen atoms in total. The standard InChI is InChI=1S/C62H76N2O6/c1-39(2)46-28-33-62(35-34-60(6)48(55(46)62)26-27-51-59(5)31-30-52(66)58(3,4)50(59)29-32-61(51,60)7)57(68)63-36-11-37-70-45-24-18-42(19-25-45)53(41-16-20-43(65)21-17-41)54-47-12-9-10-13-49(47)64(56(54)67)38-40-14-22-44(69-8)23-15-40/h9-10,12-25,46,48,50-52,55,65-66H,1,11,26-38H2,2-8H3,(H,63,68)/b54-53-/t46-,48+,50-,51+,52-,55+,59-,60+,61+,62-/m0/s1. The number of allylic oxidation sites excluding steroid dienone is 1. The molecule has 1 aliphatic heterocycles. The average molecular weight is 945 g/mol. The number of amides is 2. The summed E-state index contributed by atoms with van der Waals surface area (Å²) in [5, 5.41) is 24.9. The van der Waals surface area contributed by atoms with Gasteiger partial charge >= 0.3 is 0 Å². The van der Waals surface area contributed by atoms with Crippen molar-refractivity contribution in [3.05, 3.63) is 131 Å². The number of phenols is 1. The van der Waals surface area contributed by atoms with Crippen molar-refractivity contribution in [2.45, 2.75) is 125 Å². The van der Waals surface area contributed by atoms with Crippen molar-refractivity contribution in [2.75, 3.05) is 25.2 Å². The molecule has 0 bridgehead atoms. The Morgan fingerprint density at radius 2 is 1.46 bits per heavy atom. The van der Waals surface area contributed by atoms with E-state index in [1.807, 2.05) is 89.8 Å². The summed E-state index contributed by atoms with van der Waals surface area (Å²) in [6, 6.07) is 30.7. The molecule has 10 rings (SSSR count). The van der Waals surface area contributed by atoms with Gasteiger partial charge in [0.15, 0.2) is 0 Å². The molecule has 1 heterocycles.